The fourth-order valence-corrected chi connectivity index (χ4v) is 1.74. The maximum atomic E-state index is 12.5. The van der Waals surface area contributed by atoms with Gasteiger partial charge in [0.2, 0.25) is 0 Å². The van der Waals surface area contributed by atoms with Crippen molar-refractivity contribution in [3.05, 3.63) is 0 Å². The highest BCUT2D eigenvalue weighted by atomic mass is 19.4. The fourth-order valence-electron chi connectivity index (χ4n) is 1.74. The molecule has 1 N–H and O–H groups in total. The first-order chi connectivity index (χ1) is 6.96. The summed E-state index contributed by atoms with van der Waals surface area (Å²) in [4.78, 5) is 11.3. The summed E-state index contributed by atoms with van der Waals surface area (Å²) in [5.41, 5.74) is 0. The van der Waals surface area contributed by atoms with Crippen LogP contribution in [0.4, 0.5) is 13.2 Å². The van der Waals surface area contributed by atoms with Crippen molar-refractivity contribution < 1.29 is 22.7 Å². The Morgan fingerprint density at radius 1 is 1.53 bits per heavy atom. The summed E-state index contributed by atoms with van der Waals surface area (Å²) in [6.45, 7) is 1.98. The van der Waals surface area contributed by atoms with Crippen molar-refractivity contribution in [1.82, 2.24) is 5.32 Å². The highest BCUT2D eigenvalue weighted by Gasteiger charge is 2.48. The molecule has 1 aliphatic heterocycles. The molecule has 1 saturated heterocycles. The molecule has 0 aromatic heterocycles. The normalized spacial score (nSPS) is 27.5. The summed E-state index contributed by atoms with van der Waals surface area (Å²) < 4.78 is 42.2. The van der Waals surface area contributed by atoms with Crippen molar-refractivity contribution in [2.24, 2.45) is 5.92 Å². The van der Waals surface area contributed by atoms with Crippen LogP contribution in [0.15, 0.2) is 0 Å². The van der Waals surface area contributed by atoms with Gasteiger partial charge in [0, 0.05) is 0 Å². The minimum Gasteiger partial charge on any atom is -0.466 e. The van der Waals surface area contributed by atoms with Crippen LogP contribution in [0.25, 0.3) is 0 Å². The number of nitrogens with one attached hydrogen (secondary N) is 1. The van der Waals surface area contributed by atoms with E-state index in [4.69, 9.17) is 0 Å². The van der Waals surface area contributed by atoms with Gasteiger partial charge in [-0.15, -0.1) is 0 Å². The predicted molar refractivity (Wildman–Crippen MR) is 47.2 cm³/mol. The van der Waals surface area contributed by atoms with Crippen molar-refractivity contribution in [1.29, 1.82) is 0 Å². The van der Waals surface area contributed by atoms with E-state index in [0.29, 0.717) is 13.0 Å². The van der Waals surface area contributed by atoms with Gasteiger partial charge in [0.25, 0.3) is 0 Å². The van der Waals surface area contributed by atoms with Crippen molar-refractivity contribution in [3.63, 3.8) is 0 Å². The number of rotatable bonds is 2. The topological polar surface area (TPSA) is 38.3 Å². The molecule has 2 unspecified atom stereocenters. The van der Waals surface area contributed by atoms with Gasteiger partial charge in [-0.2, -0.15) is 13.2 Å². The maximum Gasteiger partial charge on any atom is 0.404 e. The average Bonchev–Trinajstić information content (AvgIpc) is 2.17. The van der Waals surface area contributed by atoms with Crippen LogP contribution in [0.5, 0.6) is 0 Å². The molecule has 1 heterocycles. The number of ether oxygens (including phenoxy) is 1. The molecule has 0 aromatic rings. The second-order valence-corrected chi connectivity index (χ2v) is 3.47. The highest BCUT2D eigenvalue weighted by Crippen LogP contribution is 2.31. The molecule has 3 nitrogen and oxygen atoms in total. The molecular formula is C9H14F3NO2. The van der Waals surface area contributed by atoms with Crippen LogP contribution >= 0.6 is 0 Å². The van der Waals surface area contributed by atoms with Gasteiger partial charge < -0.3 is 10.1 Å². The predicted octanol–water partition coefficient (Wildman–Crippen LogP) is 1.48. The van der Waals surface area contributed by atoms with Crippen molar-refractivity contribution in [3.8, 4) is 0 Å². The van der Waals surface area contributed by atoms with Gasteiger partial charge in [-0.05, 0) is 26.3 Å². The summed E-state index contributed by atoms with van der Waals surface area (Å²) in [5.74, 6) is -1.86. The van der Waals surface area contributed by atoms with Gasteiger partial charge in [0.05, 0.1) is 12.5 Å². The molecule has 0 amide bonds. The zero-order valence-corrected chi connectivity index (χ0v) is 8.43. The SMILES string of the molecule is CCOC(=O)C1CCCNC1C(F)(F)F. The first kappa shape index (κ1) is 12.3. The zero-order valence-electron chi connectivity index (χ0n) is 8.43. The Kier molecular flexibility index (Phi) is 3.96. The molecule has 0 saturated carbocycles. The lowest BCUT2D eigenvalue weighted by molar-refractivity contribution is -0.185. The first-order valence-electron chi connectivity index (χ1n) is 4.93. The average molecular weight is 225 g/mol. The van der Waals surface area contributed by atoms with Gasteiger partial charge in [0.1, 0.15) is 6.04 Å². The van der Waals surface area contributed by atoms with E-state index in [9.17, 15) is 18.0 Å². The molecule has 1 fully saturated rings. The lowest BCUT2D eigenvalue weighted by Gasteiger charge is -2.32. The van der Waals surface area contributed by atoms with E-state index in [1.807, 2.05) is 0 Å². The molecule has 1 rings (SSSR count). The molecule has 0 aromatic carbocycles. The number of carbonyl (C=O) groups is 1. The number of carbonyl (C=O) groups excluding carboxylic acids is 1. The maximum absolute atomic E-state index is 12.5. The second-order valence-electron chi connectivity index (χ2n) is 3.47. The van der Waals surface area contributed by atoms with Crippen LogP contribution in [0.1, 0.15) is 19.8 Å². The Balaban J connectivity index is 2.70. The van der Waals surface area contributed by atoms with E-state index >= 15 is 0 Å². The number of hydrogen-bond donors (Lipinski definition) is 1. The van der Waals surface area contributed by atoms with Crippen LogP contribution in [0.2, 0.25) is 0 Å². The molecule has 15 heavy (non-hydrogen) atoms. The van der Waals surface area contributed by atoms with Crippen LogP contribution in [0, 0.1) is 5.92 Å². The van der Waals surface area contributed by atoms with Crippen molar-refractivity contribution in [2.75, 3.05) is 13.2 Å². The van der Waals surface area contributed by atoms with E-state index < -0.39 is 24.1 Å². The lowest BCUT2D eigenvalue weighted by Crippen LogP contribution is -2.53. The monoisotopic (exact) mass is 225 g/mol. The van der Waals surface area contributed by atoms with E-state index in [-0.39, 0.29) is 13.0 Å². The third kappa shape index (κ3) is 3.09. The highest BCUT2D eigenvalue weighted by molar-refractivity contribution is 5.73. The lowest BCUT2D eigenvalue weighted by atomic mass is 9.90. The summed E-state index contributed by atoms with van der Waals surface area (Å²) in [5, 5.41) is 2.32. The van der Waals surface area contributed by atoms with E-state index in [1.165, 1.54) is 0 Å². The van der Waals surface area contributed by atoms with Crippen LogP contribution in [-0.4, -0.2) is 31.3 Å². The Morgan fingerprint density at radius 2 is 2.20 bits per heavy atom. The number of piperidine rings is 1. The van der Waals surface area contributed by atoms with Gasteiger partial charge >= 0.3 is 12.1 Å². The summed E-state index contributed by atoms with van der Waals surface area (Å²) in [6, 6.07) is -1.76. The summed E-state index contributed by atoms with van der Waals surface area (Å²) >= 11 is 0. The Labute approximate surface area is 86.0 Å². The summed E-state index contributed by atoms with van der Waals surface area (Å²) in [6.07, 6.45) is -3.59. The Hall–Kier alpha value is -0.780. The molecule has 88 valence electrons. The van der Waals surface area contributed by atoms with Crippen LogP contribution in [0.3, 0.4) is 0 Å². The molecule has 0 bridgehead atoms. The molecular weight excluding hydrogens is 211 g/mol. The van der Waals surface area contributed by atoms with Gasteiger partial charge in [0.15, 0.2) is 0 Å². The second kappa shape index (κ2) is 4.83. The van der Waals surface area contributed by atoms with Gasteiger partial charge in [-0.25, -0.2) is 0 Å². The van der Waals surface area contributed by atoms with Crippen LogP contribution < -0.4 is 5.32 Å². The third-order valence-corrected chi connectivity index (χ3v) is 2.40. The molecule has 6 heteroatoms. The first-order valence-corrected chi connectivity index (χ1v) is 4.93. The number of halogens is 3. The molecule has 0 aliphatic carbocycles. The van der Waals surface area contributed by atoms with E-state index in [0.717, 1.165) is 0 Å². The minimum absolute atomic E-state index is 0.111. The number of esters is 1. The van der Waals surface area contributed by atoms with Crippen molar-refractivity contribution in [2.45, 2.75) is 32.0 Å². The Morgan fingerprint density at radius 3 is 2.73 bits per heavy atom. The fraction of sp³-hybridized carbons (Fsp3) is 0.889. The van der Waals surface area contributed by atoms with E-state index in [1.54, 1.807) is 6.92 Å². The smallest absolute Gasteiger partial charge is 0.404 e. The van der Waals surface area contributed by atoms with Crippen LogP contribution in [-0.2, 0) is 9.53 Å². The van der Waals surface area contributed by atoms with Gasteiger partial charge in [-0.3, -0.25) is 4.79 Å². The molecule has 2 atom stereocenters. The van der Waals surface area contributed by atoms with Crippen molar-refractivity contribution >= 4 is 5.97 Å². The largest absolute Gasteiger partial charge is 0.466 e. The van der Waals surface area contributed by atoms with E-state index in [2.05, 4.69) is 10.1 Å². The van der Waals surface area contributed by atoms with Gasteiger partial charge in [-0.1, -0.05) is 0 Å². The summed E-state index contributed by atoms with van der Waals surface area (Å²) in [7, 11) is 0. The molecule has 0 radical (unpaired) electrons. The minimum atomic E-state index is -4.39. The number of hydrogen-bond acceptors (Lipinski definition) is 3. The molecule has 0 spiro atoms. The zero-order chi connectivity index (χ0) is 11.5. The quantitative estimate of drug-likeness (QED) is 0.723. The molecule has 1 aliphatic rings. The Bertz CT molecular complexity index is 230. The third-order valence-electron chi connectivity index (χ3n) is 2.40. The standard InChI is InChI=1S/C9H14F3NO2/c1-2-15-8(14)6-4-3-5-13-7(6)9(10,11)12/h6-7,13H,2-5H2,1H3. The number of alkyl halides is 3.